The Labute approximate surface area is 135 Å². The number of nitrogen functional groups attached to an aromatic ring is 1. The van der Waals surface area contributed by atoms with Gasteiger partial charge in [0.05, 0.1) is 17.8 Å². The van der Waals surface area contributed by atoms with Crippen molar-refractivity contribution >= 4 is 16.8 Å². The largest absolute Gasteiger partial charge is 0.345 e. The van der Waals surface area contributed by atoms with Crippen LogP contribution in [0.1, 0.15) is 35.1 Å². The fourth-order valence-electron chi connectivity index (χ4n) is 2.84. The second-order valence-electron chi connectivity index (χ2n) is 5.47. The molecule has 3 aromatic rings. The molecule has 5 heteroatoms. The van der Waals surface area contributed by atoms with Gasteiger partial charge in [0, 0.05) is 11.6 Å². The fraction of sp³-hybridized carbons (Fsp3) is 0.222. The van der Waals surface area contributed by atoms with E-state index in [1.165, 1.54) is 4.68 Å². The molecule has 0 unspecified atom stereocenters. The number of pyridine rings is 1. The van der Waals surface area contributed by atoms with Gasteiger partial charge in [-0.05, 0) is 30.2 Å². The standard InChI is InChI=1S/C18H20N4O/c1-2-7-15-14-9-3-4-10-16(14)22(19)17(15)18(23)21-12-13-8-5-6-11-20-13/h3-6,8-11H,2,7,12,19H2,1H3,(H,21,23). The highest BCUT2D eigenvalue weighted by Gasteiger charge is 2.20. The second kappa shape index (κ2) is 6.52. The molecule has 2 aromatic heterocycles. The molecule has 1 amide bonds. The molecule has 0 saturated heterocycles. The summed E-state index contributed by atoms with van der Waals surface area (Å²) in [5.74, 6) is 6.01. The highest BCUT2D eigenvalue weighted by atomic mass is 16.2. The van der Waals surface area contributed by atoms with Crippen LogP contribution in [0.25, 0.3) is 10.9 Å². The molecule has 0 aliphatic rings. The van der Waals surface area contributed by atoms with Gasteiger partial charge >= 0.3 is 0 Å². The molecule has 118 valence electrons. The minimum atomic E-state index is -0.169. The van der Waals surface area contributed by atoms with E-state index in [4.69, 9.17) is 5.84 Å². The third-order valence-electron chi connectivity index (χ3n) is 3.89. The summed E-state index contributed by atoms with van der Waals surface area (Å²) >= 11 is 0. The number of hydrogen-bond donors (Lipinski definition) is 2. The SMILES string of the molecule is CCCc1c(C(=O)NCc2ccccn2)n(N)c2ccccc12. The zero-order valence-corrected chi connectivity index (χ0v) is 13.1. The maximum absolute atomic E-state index is 12.7. The van der Waals surface area contributed by atoms with Crippen molar-refractivity contribution in [3.63, 3.8) is 0 Å². The maximum Gasteiger partial charge on any atom is 0.270 e. The number of hydrogen-bond acceptors (Lipinski definition) is 3. The van der Waals surface area contributed by atoms with Crippen LogP contribution in [0.2, 0.25) is 0 Å². The number of aromatic nitrogens is 2. The fourth-order valence-corrected chi connectivity index (χ4v) is 2.84. The molecule has 0 aliphatic heterocycles. The molecule has 23 heavy (non-hydrogen) atoms. The average molecular weight is 308 g/mol. The summed E-state index contributed by atoms with van der Waals surface area (Å²) in [6.45, 7) is 2.48. The first-order valence-electron chi connectivity index (χ1n) is 7.78. The Balaban J connectivity index is 1.93. The molecule has 5 nitrogen and oxygen atoms in total. The molecule has 1 aromatic carbocycles. The lowest BCUT2D eigenvalue weighted by atomic mass is 10.1. The molecular weight excluding hydrogens is 288 g/mol. The zero-order valence-electron chi connectivity index (χ0n) is 13.1. The normalized spacial score (nSPS) is 10.8. The van der Waals surface area contributed by atoms with Gasteiger partial charge in [-0.25, -0.2) is 0 Å². The number of nitrogens with two attached hydrogens (primary N) is 1. The monoisotopic (exact) mass is 308 g/mol. The van der Waals surface area contributed by atoms with Crippen molar-refractivity contribution in [1.29, 1.82) is 0 Å². The van der Waals surface area contributed by atoms with Gasteiger partial charge in [-0.1, -0.05) is 37.6 Å². The molecule has 3 N–H and O–H groups in total. The molecule has 0 spiro atoms. The van der Waals surface area contributed by atoms with Gasteiger partial charge < -0.3 is 11.2 Å². The van der Waals surface area contributed by atoms with Gasteiger partial charge in [-0.15, -0.1) is 0 Å². The summed E-state index contributed by atoms with van der Waals surface area (Å²) in [4.78, 5) is 16.9. The number of carbonyl (C=O) groups is 1. The van der Waals surface area contributed by atoms with Gasteiger partial charge in [0.2, 0.25) is 0 Å². The summed E-state index contributed by atoms with van der Waals surface area (Å²) in [5.41, 5.74) is 3.23. The summed E-state index contributed by atoms with van der Waals surface area (Å²) in [5, 5.41) is 3.96. The third kappa shape index (κ3) is 2.90. The second-order valence-corrected chi connectivity index (χ2v) is 5.47. The summed E-state index contributed by atoms with van der Waals surface area (Å²) in [6.07, 6.45) is 3.48. The van der Waals surface area contributed by atoms with Crippen LogP contribution in [0, 0.1) is 0 Å². The van der Waals surface area contributed by atoms with Crippen LogP contribution < -0.4 is 11.2 Å². The minimum absolute atomic E-state index is 0.169. The first kappa shape index (κ1) is 15.1. The lowest BCUT2D eigenvalue weighted by Crippen LogP contribution is -2.29. The summed E-state index contributed by atoms with van der Waals surface area (Å²) in [6, 6.07) is 13.5. The van der Waals surface area contributed by atoms with E-state index in [2.05, 4.69) is 17.2 Å². The van der Waals surface area contributed by atoms with E-state index in [1.54, 1.807) is 6.20 Å². The van der Waals surface area contributed by atoms with Crippen LogP contribution in [0.5, 0.6) is 0 Å². The Morgan fingerprint density at radius 2 is 2.00 bits per heavy atom. The molecule has 0 fully saturated rings. The lowest BCUT2D eigenvalue weighted by molar-refractivity contribution is 0.0942. The Bertz CT molecular complexity index is 824. The third-order valence-corrected chi connectivity index (χ3v) is 3.89. The van der Waals surface area contributed by atoms with E-state index in [-0.39, 0.29) is 5.91 Å². The van der Waals surface area contributed by atoms with E-state index >= 15 is 0 Å². The van der Waals surface area contributed by atoms with Crippen molar-refractivity contribution in [3.8, 4) is 0 Å². The topological polar surface area (TPSA) is 72.9 Å². The number of nitrogens with zero attached hydrogens (tertiary/aromatic N) is 2. The smallest absolute Gasteiger partial charge is 0.270 e. The molecule has 3 rings (SSSR count). The minimum Gasteiger partial charge on any atom is -0.345 e. The summed E-state index contributed by atoms with van der Waals surface area (Å²) in [7, 11) is 0. The quantitative estimate of drug-likeness (QED) is 0.712. The summed E-state index contributed by atoms with van der Waals surface area (Å²) < 4.78 is 1.49. The number of amides is 1. The van der Waals surface area contributed by atoms with E-state index in [0.717, 1.165) is 35.0 Å². The molecule has 0 radical (unpaired) electrons. The van der Waals surface area contributed by atoms with Gasteiger partial charge in [0.25, 0.3) is 5.91 Å². The Hall–Kier alpha value is -2.82. The van der Waals surface area contributed by atoms with E-state index in [1.807, 2.05) is 42.5 Å². The van der Waals surface area contributed by atoms with Gasteiger partial charge in [-0.3, -0.25) is 14.5 Å². The predicted molar refractivity (Wildman–Crippen MR) is 91.5 cm³/mol. The number of nitrogens with one attached hydrogen (secondary N) is 1. The van der Waals surface area contributed by atoms with E-state index < -0.39 is 0 Å². The number of para-hydroxylation sites is 1. The Morgan fingerprint density at radius 3 is 2.74 bits per heavy atom. The molecule has 0 bridgehead atoms. The number of fused-ring (bicyclic) bond motifs is 1. The highest BCUT2D eigenvalue weighted by Crippen LogP contribution is 2.25. The molecule has 0 atom stereocenters. The first-order chi connectivity index (χ1) is 11.2. The van der Waals surface area contributed by atoms with Crippen LogP contribution >= 0.6 is 0 Å². The number of carbonyl (C=O) groups excluding carboxylic acids is 1. The molecule has 0 saturated carbocycles. The lowest BCUT2D eigenvalue weighted by Gasteiger charge is -2.08. The van der Waals surface area contributed by atoms with Crippen molar-refractivity contribution in [1.82, 2.24) is 15.0 Å². The molecule has 2 heterocycles. The van der Waals surface area contributed by atoms with Gasteiger partial charge in [-0.2, -0.15) is 0 Å². The Kier molecular flexibility index (Phi) is 4.28. The van der Waals surface area contributed by atoms with Gasteiger partial charge in [0.1, 0.15) is 5.69 Å². The van der Waals surface area contributed by atoms with Crippen molar-refractivity contribution in [2.24, 2.45) is 0 Å². The van der Waals surface area contributed by atoms with Crippen LogP contribution in [0.4, 0.5) is 0 Å². The number of rotatable bonds is 5. The molecular formula is C18H20N4O. The first-order valence-corrected chi connectivity index (χ1v) is 7.78. The highest BCUT2D eigenvalue weighted by molar-refractivity contribution is 6.01. The maximum atomic E-state index is 12.7. The Morgan fingerprint density at radius 1 is 1.22 bits per heavy atom. The van der Waals surface area contributed by atoms with Crippen LogP contribution in [-0.4, -0.2) is 15.6 Å². The van der Waals surface area contributed by atoms with Crippen LogP contribution in [0.3, 0.4) is 0 Å². The average Bonchev–Trinajstić information content (AvgIpc) is 2.87. The van der Waals surface area contributed by atoms with Gasteiger partial charge in [0.15, 0.2) is 0 Å². The van der Waals surface area contributed by atoms with Crippen LogP contribution in [-0.2, 0) is 13.0 Å². The predicted octanol–water partition coefficient (Wildman–Crippen LogP) is 2.63. The van der Waals surface area contributed by atoms with Crippen molar-refractivity contribution in [2.45, 2.75) is 26.3 Å². The van der Waals surface area contributed by atoms with E-state index in [0.29, 0.717) is 12.2 Å². The van der Waals surface area contributed by atoms with E-state index in [9.17, 15) is 4.79 Å². The van der Waals surface area contributed by atoms with Crippen molar-refractivity contribution < 1.29 is 4.79 Å². The number of aryl methyl sites for hydroxylation is 1. The zero-order chi connectivity index (χ0) is 16.2. The van der Waals surface area contributed by atoms with Crippen molar-refractivity contribution in [3.05, 3.63) is 65.6 Å². The van der Waals surface area contributed by atoms with Crippen LogP contribution in [0.15, 0.2) is 48.7 Å². The molecule has 0 aliphatic carbocycles. The number of benzene rings is 1. The van der Waals surface area contributed by atoms with Crippen molar-refractivity contribution in [2.75, 3.05) is 5.84 Å².